The lowest BCUT2D eigenvalue weighted by Gasteiger charge is -2.14. The molecular weight excluding hydrogens is 202 g/mol. The predicted octanol–water partition coefficient (Wildman–Crippen LogP) is 0.697. The van der Waals surface area contributed by atoms with Gasteiger partial charge in [0.1, 0.15) is 0 Å². The summed E-state index contributed by atoms with van der Waals surface area (Å²) in [6, 6.07) is 4.09. The van der Waals surface area contributed by atoms with Crippen molar-refractivity contribution < 1.29 is 4.79 Å². The van der Waals surface area contributed by atoms with Gasteiger partial charge in [0.2, 0.25) is 5.91 Å². The van der Waals surface area contributed by atoms with Gasteiger partial charge >= 0.3 is 0 Å². The summed E-state index contributed by atoms with van der Waals surface area (Å²) in [6.45, 7) is 4.56. The zero-order chi connectivity index (χ0) is 11.5. The van der Waals surface area contributed by atoms with Crippen molar-refractivity contribution in [3.63, 3.8) is 0 Å². The second-order valence-corrected chi connectivity index (χ2v) is 4.43. The van der Waals surface area contributed by atoms with Gasteiger partial charge in [0.15, 0.2) is 0 Å². The fourth-order valence-corrected chi connectivity index (χ4v) is 2.06. The van der Waals surface area contributed by atoms with E-state index in [0.29, 0.717) is 0 Å². The SMILES string of the molecule is Cc1ccc(CN2CCC(C(N)=O)C2)cn1. The van der Waals surface area contributed by atoms with Gasteiger partial charge in [0.05, 0.1) is 5.92 Å². The molecule has 1 unspecified atom stereocenters. The third kappa shape index (κ3) is 2.58. The highest BCUT2D eigenvalue weighted by Gasteiger charge is 2.26. The van der Waals surface area contributed by atoms with Crippen LogP contribution in [-0.2, 0) is 11.3 Å². The summed E-state index contributed by atoms with van der Waals surface area (Å²) >= 11 is 0. The summed E-state index contributed by atoms with van der Waals surface area (Å²) in [5.41, 5.74) is 7.51. The zero-order valence-electron chi connectivity index (χ0n) is 9.52. The maximum Gasteiger partial charge on any atom is 0.221 e. The number of primary amides is 1. The van der Waals surface area contributed by atoms with E-state index in [1.807, 2.05) is 19.2 Å². The summed E-state index contributed by atoms with van der Waals surface area (Å²) in [7, 11) is 0. The molecule has 1 amide bonds. The molecule has 1 aromatic heterocycles. The first-order valence-corrected chi connectivity index (χ1v) is 5.58. The van der Waals surface area contributed by atoms with Gasteiger partial charge in [0, 0.05) is 25.0 Å². The Morgan fingerprint density at radius 3 is 3.00 bits per heavy atom. The van der Waals surface area contributed by atoms with Crippen molar-refractivity contribution in [2.24, 2.45) is 11.7 Å². The fourth-order valence-electron chi connectivity index (χ4n) is 2.06. The third-order valence-electron chi connectivity index (χ3n) is 3.05. The van der Waals surface area contributed by atoms with Gasteiger partial charge in [-0.05, 0) is 31.5 Å². The number of nitrogens with two attached hydrogens (primary N) is 1. The summed E-state index contributed by atoms with van der Waals surface area (Å²) in [6.07, 6.45) is 2.78. The van der Waals surface area contributed by atoms with E-state index in [9.17, 15) is 4.79 Å². The second kappa shape index (κ2) is 4.61. The topological polar surface area (TPSA) is 59.2 Å². The highest BCUT2D eigenvalue weighted by atomic mass is 16.1. The lowest BCUT2D eigenvalue weighted by Crippen LogP contribution is -2.27. The molecule has 86 valence electrons. The van der Waals surface area contributed by atoms with Gasteiger partial charge in [0.25, 0.3) is 0 Å². The molecule has 1 aliphatic heterocycles. The van der Waals surface area contributed by atoms with Crippen LogP contribution in [0.2, 0.25) is 0 Å². The van der Waals surface area contributed by atoms with Crippen molar-refractivity contribution in [3.8, 4) is 0 Å². The molecule has 2 heterocycles. The fraction of sp³-hybridized carbons (Fsp3) is 0.500. The molecule has 1 aliphatic rings. The molecule has 0 bridgehead atoms. The van der Waals surface area contributed by atoms with E-state index in [1.165, 1.54) is 5.56 Å². The molecule has 0 aliphatic carbocycles. The van der Waals surface area contributed by atoms with Crippen molar-refractivity contribution >= 4 is 5.91 Å². The smallest absolute Gasteiger partial charge is 0.221 e. The Balaban J connectivity index is 1.92. The van der Waals surface area contributed by atoms with Crippen molar-refractivity contribution in [1.29, 1.82) is 0 Å². The van der Waals surface area contributed by atoms with Crippen LogP contribution >= 0.6 is 0 Å². The summed E-state index contributed by atoms with van der Waals surface area (Å²) in [5, 5.41) is 0. The number of carbonyl (C=O) groups excluding carboxylic acids is 1. The van der Waals surface area contributed by atoms with Crippen LogP contribution in [0.1, 0.15) is 17.7 Å². The normalized spacial score (nSPS) is 21.2. The highest BCUT2D eigenvalue weighted by Crippen LogP contribution is 2.17. The number of likely N-dealkylation sites (tertiary alicyclic amines) is 1. The van der Waals surface area contributed by atoms with Crippen molar-refractivity contribution in [3.05, 3.63) is 29.6 Å². The molecule has 1 fully saturated rings. The zero-order valence-corrected chi connectivity index (χ0v) is 9.52. The van der Waals surface area contributed by atoms with E-state index in [0.717, 1.165) is 31.7 Å². The van der Waals surface area contributed by atoms with Gasteiger partial charge in [-0.1, -0.05) is 6.07 Å². The van der Waals surface area contributed by atoms with Crippen LogP contribution in [0.15, 0.2) is 18.3 Å². The monoisotopic (exact) mass is 219 g/mol. The average Bonchev–Trinajstić information content (AvgIpc) is 2.70. The van der Waals surface area contributed by atoms with Crippen molar-refractivity contribution in [2.75, 3.05) is 13.1 Å². The molecule has 1 aromatic rings. The van der Waals surface area contributed by atoms with E-state index in [2.05, 4.69) is 16.0 Å². The van der Waals surface area contributed by atoms with Gasteiger partial charge in [-0.25, -0.2) is 0 Å². The predicted molar refractivity (Wildman–Crippen MR) is 61.6 cm³/mol. The maximum atomic E-state index is 11.0. The minimum absolute atomic E-state index is 0.0263. The number of aromatic nitrogens is 1. The van der Waals surface area contributed by atoms with Crippen LogP contribution in [0.4, 0.5) is 0 Å². The van der Waals surface area contributed by atoms with Crippen LogP contribution < -0.4 is 5.73 Å². The minimum Gasteiger partial charge on any atom is -0.369 e. The third-order valence-corrected chi connectivity index (χ3v) is 3.05. The van der Waals surface area contributed by atoms with Crippen LogP contribution in [0, 0.1) is 12.8 Å². The number of carbonyl (C=O) groups is 1. The van der Waals surface area contributed by atoms with E-state index in [-0.39, 0.29) is 11.8 Å². The van der Waals surface area contributed by atoms with E-state index >= 15 is 0 Å². The summed E-state index contributed by atoms with van der Waals surface area (Å²) in [4.78, 5) is 17.5. The number of rotatable bonds is 3. The lowest BCUT2D eigenvalue weighted by molar-refractivity contribution is -0.121. The maximum absolute atomic E-state index is 11.0. The number of hydrogen-bond acceptors (Lipinski definition) is 3. The molecule has 1 atom stereocenters. The summed E-state index contributed by atoms with van der Waals surface area (Å²) < 4.78 is 0. The molecule has 1 saturated heterocycles. The standard InChI is InChI=1S/C12H17N3O/c1-9-2-3-10(6-14-9)7-15-5-4-11(8-15)12(13)16/h2-3,6,11H,4-5,7-8H2,1H3,(H2,13,16). The Hall–Kier alpha value is -1.42. The first kappa shape index (κ1) is 11.1. The minimum atomic E-state index is -0.176. The molecule has 16 heavy (non-hydrogen) atoms. The number of pyridine rings is 1. The van der Waals surface area contributed by atoms with Gasteiger partial charge in [-0.3, -0.25) is 14.7 Å². The van der Waals surface area contributed by atoms with E-state index in [4.69, 9.17) is 5.73 Å². The molecule has 4 nitrogen and oxygen atoms in total. The molecule has 2 N–H and O–H groups in total. The summed E-state index contributed by atoms with van der Waals surface area (Å²) in [5.74, 6) is -0.150. The Bertz CT molecular complexity index is 374. The van der Waals surface area contributed by atoms with Crippen molar-refractivity contribution in [1.82, 2.24) is 9.88 Å². The molecule has 0 spiro atoms. The number of aryl methyl sites for hydroxylation is 1. The number of amides is 1. The second-order valence-electron chi connectivity index (χ2n) is 4.43. The quantitative estimate of drug-likeness (QED) is 0.814. The van der Waals surface area contributed by atoms with Gasteiger partial charge < -0.3 is 5.73 Å². The molecule has 0 radical (unpaired) electrons. The number of hydrogen-bond donors (Lipinski definition) is 1. The Morgan fingerprint density at radius 2 is 2.44 bits per heavy atom. The number of nitrogens with zero attached hydrogens (tertiary/aromatic N) is 2. The Morgan fingerprint density at radius 1 is 1.62 bits per heavy atom. The molecule has 2 rings (SSSR count). The first-order valence-electron chi connectivity index (χ1n) is 5.58. The molecular formula is C12H17N3O. The van der Waals surface area contributed by atoms with Gasteiger partial charge in [-0.2, -0.15) is 0 Å². The van der Waals surface area contributed by atoms with Crippen LogP contribution in [0.5, 0.6) is 0 Å². The molecule has 4 heteroatoms. The Kier molecular flexibility index (Phi) is 3.19. The highest BCUT2D eigenvalue weighted by molar-refractivity contribution is 5.77. The van der Waals surface area contributed by atoms with Crippen LogP contribution in [0.3, 0.4) is 0 Å². The van der Waals surface area contributed by atoms with E-state index in [1.54, 1.807) is 0 Å². The van der Waals surface area contributed by atoms with Crippen molar-refractivity contribution in [2.45, 2.75) is 19.9 Å². The molecule has 0 aromatic carbocycles. The van der Waals surface area contributed by atoms with Crippen LogP contribution in [-0.4, -0.2) is 28.9 Å². The van der Waals surface area contributed by atoms with Crippen LogP contribution in [0.25, 0.3) is 0 Å². The lowest BCUT2D eigenvalue weighted by atomic mass is 10.1. The molecule has 0 saturated carbocycles. The first-order chi connectivity index (χ1) is 7.65. The average molecular weight is 219 g/mol. The largest absolute Gasteiger partial charge is 0.369 e. The van der Waals surface area contributed by atoms with E-state index < -0.39 is 0 Å². The Labute approximate surface area is 95.5 Å². The van der Waals surface area contributed by atoms with Gasteiger partial charge in [-0.15, -0.1) is 0 Å².